The highest BCUT2D eigenvalue weighted by Gasteiger charge is 2.03. The maximum Gasteiger partial charge on any atom is 0.137 e. The van der Waals surface area contributed by atoms with E-state index in [4.69, 9.17) is 4.74 Å². The van der Waals surface area contributed by atoms with Crippen LogP contribution in [0, 0.1) is 5.82 Å². The van der Waals surface area contributed by atoms with Crippen molar-refractivity contribution < 1.29 is 9.13 Å². The van der Waals surface area contributed by atoms with E-state index in [1.165, 1.54) is 6.07 Å². The van der Waals surface area contributed by atoms with Gasteiger partial charge >= 0.3 is 0 Å². The number of hydrogen-bond donors (Lipinski definition) is 1. The Labute approximate surface area is 111 Å². The monoisotopic (exact) mass is 303 g/mol. The molecule has 0 saturated heterocycles. The minimum absolute atomic E-state index is 0.204. The first-order valence-corrected chi connectivity index (χ1v) is 6.67. The summed E-state index contributed by atoms with van der Waals surface area (Å²) in [7, 11) is 1.72. The van der Waals surface area contributed by atoms with Gasteiger partial charge in [-0.3, -0.25) is 0 Å². The Morgan fingerprint density at radius 1 is 1.29 bits per heavy atom. The Kier molecular flexibility index (Phi) is 7.40. The first kappa shape index (κ1) is 14.6. The molecule has 0 aliphatic heterocycles. The molecular weight excluding hydrogens is 285 g/mol. The van der Waals surface area contributed by atoms with E-state index in [1.54, 1.807) is 13.2 Å². The first-order valence-electron chi connectivity index (χ1n) is 5.88. The fourth-order valence-corrected chi connectivity index (χ4v) is 1.99. The highest BCUT2D eigenvalue weighted by atomic mass is 79.9. The second-order valence-corrected chi connectivity index (χ2v) is 4.74. The Bertz CT molecular complexity index is 333. The molecule has 0 heterocycles. The molecule has 1 aromatic carbocycles. The topological polar surface area (TPSA) is 21.3 Å². The van der Waals surface area contributed by atoms with Crippen molar-refractivity contribution in [3.63, 3.8) is 0 Å². The zero-order valence-electron chi connectivity index (χ0n) is 10.1. The quantitative estimate of drug-likeness (QED) is 0.742. The molecule has 0 fully saturated rings. The van der Waals surface area contributed by atoms with E-state index in [2.05, 4.69) is 21.2 Å². The van der Waals surface area contributed by atoms with E-state index in [0.717, 1.165) is 38.0 Å². The summed E-state index contributed by atoms with van der Waals surface area (Å²) in [6.07, 6.45) is 3.38. The standard InChI is InChI=1S/C13H19BrFNO/c1-17-9-4-2-3-8-16-10-11-6-5-7-12(15)13(11)14/h5-7,16H,2-4,8-10H2,1H3. The SMILES string of the molecule is COCCCCCNCc1cccc(F)c1Br. The van der Waals surface area contributed by atoms with Crippen LogP contribution in [-0.2, 0) is 11.3 Å². The van der Waals surface area contributed by atoms with Crippen molar-refractivity contribution in [2.24, 2.45) is 0 Å². The summed E-state index contributed by atoms with van der Waals surface area (Å²) >= 11 is 3.25. The molecule has 0 radical (unpaired) electrons. The predicted octanol–water partition coefficient (Wildman–Crippen LogP) is 3.49. The summed E-state index contributed by atoms with van der Waals surface area (Å²) in [5, 5.41) is 3.31. The molecule has 0 aromatic heterocycles. The molecule has 1 N–H and O–H groups in total. The lowest BCUT2D eigenvalue weighted by Crippen LogP contribution is -2.15. The maximum atomic E-state index is 13.2. The highest BCUT2D eigenvalue weighted by Crippen LogP contribution is 2.19. The number of halogens is 2. The lowest BCUT2D eigenvalue weighted by molar-refractivity contribution is 0.192. The van der Waals surface area contributed by atoms with Crippen LogP contribution in [0.4, 0.5) is 4.39 Å². The van der Waals surface area contributed by atoms with Gasteiger partial charge in [-0.1, -0.05) is 12.1 Å². The van der Waals surface area contributed by atoms with Crippen LogP contribution in [0.5, 0.6) is 0 Å². The maximum absolute atomic E-state index is 13.2. The molecule has 0 aliphatic rings. The van der Waals surface area contributed by atoms with Gasteiger partial charge in [-0.2, -0.15) is 0 Å². The second kappa shape index (κ2) is 8.61. The van der Waals surface area contributed by atoms with Gasteiger partial charge in [0.1, 0.15) is 5.82 Å². The number of nitrogens with one attached hydrogen (secondary N) is 1. The molecular formula is C13H19BrFNO. The van der Waals surface area contributed by atoms with Crippen molar-refractivity contribution in [1.29, 1.82) is 0 Å². The van der Waals surface area contributed by atoms with Crippen LogP contribution in [0.25, 0.3) is 0 Å². The highest BCUT2D eigenvalue weighted by molar-refractivity contribution is 9.10. The van der Waals surface area contributed by atoms with Crippen LogP contribution < -0.4 is 5.32 Å². The zero-order valence-corrected chi connectivity index (χ0v) is 11.7. The molecule has 0 atom stereocenters. The summed E-state index contributed by atoms with van der Waals surface area (Å²) in [5.41, 5.74) is 0.960. The van der Waals surface area contributed by atoms with E-state index in [0.29, 0.717) is 11.0 Å². The summed E-state index contributed by atoms with van der Waals surface area (Å²) < 4.78 is 18.7. The fraction of sp³-hybridized carbons (Fsp3) is 0.538. The van der Waals surface area contributed by atoms with E-state index in [9.17, 15) is 4.39 Å². The Balaban J connectivity index is 2.16. The van der Waals surface area contributed by atoms with Crippen LogP contribution in [0.2, 0.25) is 0 Å². The van der Waals surface area contributed by atoms with Crippen molar-refractivity contribution in [1.82, 2.24) is 5.32 Å². The van der Waals surface area contributed by atoms with Gasteiger partial charge in [-0.25, -0.2) is 4.39 Å². The largest absolute Gasteiger partial charge is 0.385 e. The number of methoxy groups -OCH3 is 1. The lowest BCUT2D eigenvalue weighted by Gasteiger charge is -2.07. The molecule has 0 saturated carbocycles. The molecule has 96 valence electrons. The van der Waals surface area contributed by atoms with Crippen LogP contribution in [-0.4, -0.2) is 20.3 Å². The average Bonchev–Trinajstić information content (AvgIpc) is 2.33. The third-order valence-corrected chi connectivity index (χ3v) is 3.44. The average molecular weight is 304 g/mol. The summed E-state index contributed by atoms with van der Waals surface area (Å²) in [5.74, 6) is -0.204. The van der Waals surface area contributed by atoms with Crippen LogP contribution >= 0.6 is 15.9 Å². The molecule has 0 amide bonds. The van der Waals surface area contributed by atoms with Crippen LogP contribution in [0.1, 0.15) is 24.8 Å². The van der Waals surface area contributed by atoms with Gasteiger partial charge in [0.2, 0.25) is 0 Å². The normalized spacial score (nSPS) is 10.8. The Morgan fingerprint density at radius 2 is 2.12 bits per heavy atom. The Hall–Kier alpha value is -0.450. The van der Waals surface area contributed by atoms with Gasteiger partial charge in [0.25, 0.3) is 0 Å². The number of benzene rings is 1. The van der Waals surface area contributed by atoms with E-state index < -0.39 is 0 Å². The van der Waals surface area contributed by atoms with Gasteiger partial charge < -0.3 is 10.1 Å². The van der Waals surface area contributed by atoms with E-state index in [1.807, 2.05) is 6.07 Å². The molecule has 0 spiro atoms. The zero-order chi connectivity index (χ0) is 12.5. The minimum atomic E-state index is -0.204. The first-order chi connectivity index (χ1) is 8.25. The second-order valence-electron chi connectivity index (χ2n) is 3.94. The van der Waals surface area contributed by atoms with Crippen molar-refractivity contribution >= 4 is 15.9 Å². The smallest absolute Gasteiger partial charge is 0.137 e. The predicted molar refractivity (Wildman–Crippen MR) is 71.5 cm³/mol. The molecule has 0 unspecified atom stereocenters. The number of ether oxygens (including phenoxy) is 1. The molecule has 1 rings (SSSR count). The van der Waals surface area contributed by atoms with E-state index >= 15 is 0 Å². The van der Waals surface area contributed by atoms with Crippen molar-refractivity contribution in [2.45, 2.75) is 25.8 Å². The third kappa shape index (κ3) is 5.61. The Morgan fingerprint density at radius 3 is 2.88 bits per heavy atom. The van der Waals surface area contributed by atoms with Gasteiger partial charge in [0, 0.05) is 20.3 Å². The van der Waals surface area contributed by atoms with Gasteiger partial charge in [0.15, 0.2) is 0 Å². The van der Waals surface area contributed by atoms with Crippen molar-refractivity contribution in [3.8, 4) is 0 Å². The minimum Gasteiger partial charge on any atom is -0.385 e. The summed E-state index contributed by atoms with van der Waals surface area (Å²) in [6, 6.07) is 5.11. The number of rotatable bonds is 8. The van der Waals surface area contributed by atoms with Gasteiger partial charge in [-0.05, 0) is 53.4 Å². The third-order valence-electron chi connectivity index (χ3n) is 2.55. The molecule has 1 aromatic rings. The molecule has 17 heavy (non-hydrogen) atoms. The molecule has 0 bridgehead atoms. The van der Waals surface area contributed by atoms with Gasteiger partial charge in [-0.15, -0.1) is 0 Å². The fourth-order valence-electron chi connectivity index (χ4n) is 1.58. The number of unbranched alkanes of at least 4 members (excludes halogenated alkanes) is 2. The van der Waals surface area contributed by atoms with Gasteiger partial charge in [0.05, 0.1) is 4.47 Å². The lowest BCUT2D eigenvalue weighted by atomic mass is 10.2. The van der Waals surface area contributed by atoms with Crippen molar-refractivity contribution in [3.05, 3.63) is 34.1 Å². The molecule has 0 aliphatic carbocycles. The van der Waals surface area contributed by atoms with Crippen LogP contribution in [0.3, 0.4) is 0 Å². The molecule has 2 nitrogen and oxygen atoms in total. The van der Waals surface area contributed by atoms with Crippen LogP contribution in [0.15, 0.2) is 22.7 Å². The van der Waals surface area contributed by atoms with Crippen molar-refractivity contribution in [2.75, 3.05) is 20.3 Å². The molecule has 4 heteroatoms. The summed E-state index contributed by atoms with van der Waals surface area (Å²) in [6.45, 7) is 2.48. The number of hydrogen-bond acceptors (Lipinski definition) is 2. The van der Waals surface area contributed by atoms with E-state index in [-0.39, 0.29) is 5.82 Å². The summed E-state index contributed by atoms with van der Waals surface area (Å²) in [4.78, 5) is 0.